The van der Waals surface area contributed by atoms with Gasteiger partial charge in [0.15, 0.2) is 0 Å². The molecule has 3 nitrogen and oxygen atoms in total. The van der Waals surface area contributed by atoms with Gasteiger partial charge in [0.05, 0.1) is 27.5 Å². The summed E-state index contributed by atoms with van der Waals surface area (Å²) in [5.41, 5.74) is 0. The van der Waals surface area contributed by atoms with E-state index >= 15 is 0 Å². The highest BCUT2D eigenvalue weighted by molar-refractivity contribution is 7.85. The van der Waals surface area contributed by atoms with Crippen molar-refractivity contribution in [3.05, 3.63) is 28.2 Å². The maximum Gasteiger partial charge on any atom is 0.0604 e. The Balaban J connectivity index is 2.30. The van der Waals surface area contributed by atoms with Gasteiger partial charge < -0.3 is 10.1 Å². The predicted octanol–water partition coefficient (Wildman–Crippen LogP) is 2.73. The summed E-state index contributed by atoms with van der Waals surface area (Å²) in [5, 5.41) is 4.14. The smallest absolute Gasteiger partial charge is 0.0604 e. The molecule has 0 fully saturated rings. The van der Waals surface area contributed by atoms with Gasteiger partial charge in [0, 0.05) is 24.3 Å². The minimum absolute atomic E-state index is 0.445. The van der Waals surface area contributed by atoms with Crippen LogP contribution in [0.25, 0.3) is 0 Å². The summed E-state index contributed by atoms with van der Waals surface area (Å²) in [7, 11) is 0.644. The number of methoxy groups -OCH3 is 1. The lowest BCUT2D eigenvalue weighted by molar-refractivity contribution is 0.199. The second kappa shape index (κ2) is 8.88. The zero-order valence-corrected chi connectivity index (χ0v) is 12.6. The zero-order chi connectivity index (χ0) is 13.4. The molecule has 0 amide bonds. The lowest BCUT2D eigenvalue weighted by Crippen LogP contribution is -2.21. The molecule has 6 heteroatoms. The molecule has 1 aromatic rings. The fourth-order valence-corrected chi connectivity index (χ4v) is 2.84. The summed E-state index contributed by atoms with van der Waals surface area (Å²) in [6, 6.07) is 5.09. The Hall–Kier alpha value is -0.130. The van der Waals surface area contributed by atoms with Crippen molar-refractivity contribution in [2.24, 2.45) is 0 Å². The van der Waals surface area contributed by atoms with Crippen LogP contribution >= 0.6 is 23.2 Å². The van der Waals surface area contributed by atoms with Crippen LogP contribution in [0.4, 0.5) is 0 Å². The van der Waals surface area contributed by atoms with Gasteiger partial charge >= 0.3 is 0 Å². The monoisotopic (exact) mass is 309 g/mol. The van der Waals surface area contributed by atoms with Gasteiger partial charge in [-0.05, 0) is 31.2 Å². The van der Waals surface area contributed by atoms with Crippen LogP contribution in [0.1, 0.15) is 6.42 Å². The van der Waals surface area contributed by atoms with Crippen LogP contribution in [0, 0.1) is 0 Å². The van der Waals surface area contributed by atoms with E-state index < -0.39 is 10.8 Å². The van der Waals surface area contributed by atoms with Crippen LogP contribution in [0.15, 0.2) is 23.1 Å². The number of nitrogens with one attached hydrogen (secondary N) is 1. The van der Waals surface area contributed by atoms with E-state index in [0.717, 1.165) is 24.4 Å². The Morgan fingerprint density at radius 3 is 2.72 bits per heavy atom. The van der Waals surface area contributed by atoms with Gasteiger partial charge in [-0.25, -0.2) is 0 Å². The summed E-state index contributed by atoms with van der Waals surface area (Å²) in [6.07, 6.45) is 0.844. The van der Waals surface area contributed by atoms with Crippen molar-refractivity contribution in [2.75, 3.05) is 32.6 Å². The first-order valence-electron chi connectivity index (χ1n) is 5.68. The molecule has 0 aliphatic heterocycles. The van der Waals surface area contributed by atoms with Gasteiger partial charge in [0.1, 0.15) is 0 Å². The summed E-state index contributed by atoms with van der Waals surface area (Å²) in [6.45, 7) is 2.34. The summed E-state index contributed by atoms with van der Waals surface area (Å²) in [4.78, 5) is 0.723. The van der Waals surface area contributed by atoms with Crippen LogP contribution in [0.3, 0.4) is 0 Å². The maximum absolute atomic E-state index is 12.0. The van der Waals surface area contributed by atoms with E-state index in [-0.39, 0.29) is 0 Å². The molecule has 0 radical (unpaired) electrons. The number of hydrogen-bond acceptors (Lipinski definition) is 3. The quantitative estimate of drug-likeness (QED) is 0.750. The third kappa shape index (κ3) is 5.67. The molecule has 0 saturated heterocycles. The first-order valence-corrected chi connectivity index (χ1v) is 7.75. The highest BCUT2D eigenvalue weighted by Gasteiger charge is 2.06. The van der Waals surface area contributed by atoms with E-state index in [1.54, 1.807) is 25.3 Å². The maximum atomic E-state index is 12.0. The van der Waals surface area contributed by atoms with Crippen molar-refractivity contribution in [3.63, 3.8) is 0 Å². The van der Waals surface area contributed by atoms with Crippen molar-refractivity contribution in [1.29, 1.82) is 0 Å². The molecule has 1 aromatic carbocycles. The Bertz CT molecular complexity index is 402. The van der Waals surface area contributed by atoms with E-state index in [9.17, 15) is 4.21 Å². The molecule has 0 aromatic heterocycles. The van der Waals surface area contributed by atoms with Crippen LogP contribution < -0.4 is 5.32 Å². The number of benzene rings is 1. The normalized spacial score (nSPS) is 12.6. The first kappa shape index (κ1) is 15.9. The van der Waals surface area contributed by atoms with E-state index in [1.807, 2.05) is 0 Å². The Labute approximate surface area is 120 Å². The molecular weight excluding hydrogens is 293 g/mol. The van der Waals surface area contributed by atoms with Gasteiger partial charge in [-0.1, -0.05) is 23.2 Å². The predicted molar refractivity (Wildman–Crippen MR) is 77.1 cm³/mol. The Kier molecular flexibility index (Phi) is 7.86. The van der Waals surface area contributed by atoms with Crippen LogP contribution in [-0.4, -0.2) is 36.8 Å². The highest BCUT2D eigenvalue weighted by Crippen LogP contribution is 2.24. The molecule has 0 heterocycles. The third-order valence-electron chi connectivity index (χ3n) is 2.32. The molecular formula is C12H17Cl2NO2S. The number of ether oxygens (including phenoxy) is 1. The SMILES string of the molecule is COCCNCCCS(=O)c1ccc(Cl)c(Cl)c1. The zero-order valence-electron chi connectivity index (χ0n) is 10.2. The Morgan fingerprint density at radius 1 is 1.28 bits per heavy atom. The average Bonchev–Trinajstić information content (AvgIpc) is 2.36. The van der Waals surface area contributed by atoms with Gasteiger partial charge in [-0.3, -0.25) is 4.21 Å². The molecule has 0 spiro atoms. The van der Waals surface area contributed by atoms with Gasteiger partial charge in [0.25, 0.3) is 0 Å². The lowest BCUT2D eigenvalue weighted by atomic mass is 10.4. The first-order chi connectivity index (χ1) is 8.65. The molecule has 0 aliphatic carbocycles. The van der Waals surface area contributed by atoms with Crippen LogP contribution in [0.5, 0.6) is 0 Å². The average molecular weight is 310 g/mol. The molecule has 1 N–H and O–H groups in total. The molecule has 18 heavy (non-hydrogen) atoms. The van der Waals surface area contributed by atoms with E-state index in [4.69, 9.17) is 27.9 Å². The Morgan fingerprint density at radius 2 is 2.06 bits per heavy atom. The number of hydrogen-bond donors (Lipinski definition) is 1. The number of rotatable bonds is 8. The standard InChI is InChI=1S/C12H17Cl2NO2S/c1-17-7-6-15-5-2-8-18(16)10-3-4-11(13)12(14)9-10/h3-4,9,15H,2,5-8H2,1H3. The van der Waals surface area contributed by atoms with Crippen molar-refractivity contribution in [1.82, 2.24) is 5.32 Å². The molecule has 0 aliphatic rings. The lowest BCUT2D eigenvalue weighted by Gasteiger charge is -2.05. The molecule has 0 saturated carbocycles. The van der Waals surface area contributed by atoms with Gasteiger partial charge in [-0.2, -0.15) is 0 Å². The summed E-state index contributed by atoms with van der Waals surface area (Å²) in [5.74, 6) is 0.609. The molecule has 1 rings (SSSR count). The van der Waals surface area contributed by atoms with Crippen molar-refractivity contribution in [3.8, 4) is 0 Å². The molecule has 1 unspecified atom stereocenters. The van der Waals surface area contributed by atoms with Crippen LogP contribution in [0.2, 0.25) is 10.0 Å². The topological polar surface area (TPSA) is 38.3 Å². The molecule has 102 valence electrons. The summed E-state index contributed by atoms with van der Waals surface area (Å²) >= 11 is 11.7. The van der Waals surface area contributed by atoms with E-state index in [2.05, 4.69) is 5.32 Å². The van der Waals surface area contributed by atoms with Crippen LogP contribution in [-0.2, 0) is 15.5 Å². The largest absolute Gasteiger partial charge is 0.383 e. The van der Waals surface area contributed by atoms with Crippen molar-refractivity contribution < 1.29 is 8.95 Å². The fourth-order valence-electron chi connectivity index (χ4n) is 1.36. The third-order valence-corrected chi connectivity index (χ3v) is 4.50. The number of halogens is 2. The highest BCUT2D eigenvalue weighted by atomic mass is 35.5. The van der Waals surface area contributed by atoms with Gasteiger partial charge in [-0.15, -0.1) is 0 Å². The van der Waals surface area contributed by atoms with Crippen molar-refractivity contribution >= 4 is 34.0 Å². The van der Waals surface area contributed by atoms with E-state index in [0.29, 0.717) is 22.4 Å². The second-order valence-electron chi connectivity index (χ2n) is 3.72. The molecule has 0 bridgehead atoms. The molecule has 1 atom stereocenters. The second-order valence-corrected chi connectivity index (χ2v) is 6.11. The van der Waals surface area contributed by atoms with Gasteiger partial charge in [0.2, 0.25) is 0 Å². The fraction of sp³-hybridized carbons (Fsp3) is 0.500. The van der Waals surface area contributed by atoms with Crippen molar-refractivity contribution in [2.45, 2.75) is 11.3 Å². The minimum atomic E-state index is -1.02. The summed E-state index contributed by atoms with van der Waals surface area (Å²) < 4.78 is 16.9. The van der Waals surface area contributed by atoms with E-state index in [1.165, 1.54) is 0 Å². The minimum Gasteiger partial charge on any atom is -0.383 e.